The molecule has 1 amide bonds. The van der Waals surface area contributed by atoms with Crippen LogP contribution in [0.3, 0.4) is 0 Å². The van der Waals surface area contributed by atoms with Crippen molar-refractivity contribution in [2.75, 3.05) is 37.2 Å². The van der Waals surface area contributed by atoms with Crippen molar-refractivity contribution < 1.29 is 22.7 Å². The third-order valence-corrected chi connectivity index (χ3v) is 7.53. The zero-order valence-electron chi connectivity index (χ0n) is 13.9. The van der Waals surface area contributed by atoms with Gasteiger partial charge in [-0.3, -0.25) is 9.10 Å². The van der Waals surface area contributed by atoms with Gasteiger partial charge in [0, 0.05) is 13.1 Å². The van der Waals surface area contributed by atoms with Gasteiger partial charge in [0.25, 0.3) is 15.9 Å². The number of amides is 1. The highest BCUT2D eigenvalue weighted by atomic mass is 32.2. The number of carbonyl (C=O) groups excluding carboxylic acids is 1. The Morgan fingerprint density at radius 3 is 2.62 bits per heavy atom. The molecule has 7 nitrogen and oxygen atoms in total. The van der Waals surface area contributed by atoms with Crippen LogP contribution in [0.2, 0.25) is 0 Å². The summed E-state index contributed by atoms with van der Waals surface area (Å²) < 4.78 is 38.8. The number of benzene rings is 1. The Morgan fingerprint density at radius 1 is 1.12 bits per heavy atom. The molecule has 0 aliphatic carbocycles. The van der Waals surface area contributed by atoms with E-state index in [0.29, 0.717) is 37.7 Å². The van der Waals surface area contributed by atoms with E-state index in [1.165, 1.54) is 4.31 Å². The van der Waals surface area contributed by atoms with Gasteiger partial charge in [-0.25, -0.2) is 8.42 Å². The lowest BCUT2D eigenvalue weighted by molar-refractivity contribution is -0.142. The summed E-state index contributed by atoms with van der Waals surface area (Å²) >= 11 is 1.15. The fraction of sp³-hybridized carbons (Fsp3) is 0.353. The number of anilines is 1. The molecule has 0 unspecified atom stereocenters. The number of ether oxygens (including phenoxy) is 2. The fourth-order valence-corrected chi connectivity index (χ4v) is 5.65. The van der Waals surface area contributed by atoms with Crippen LogP contribution >= 0.6 is 11.3 Å². The second-order valence-electron chi connectivity index (χ2n) is 5.98. The third-order valence-electron chi connectivity index (χ3n) is 4.37. The highest BCUT2D eigenvalue weighted by Gasteiger charge is 2.39. The summed E-state index contributed by atoms with van der Waals surface area (Å²) in [5.41, 5.74) is 0.451. The summed E-state index contributed by atoms with van der Waals surface area (Å²) in [4.78, 5) is 14.5. The van der Waals surface area contributed by atoms with E-state index < -0.39 is 16.1 Å². The summed E-state index contributed by atoms with van der Waals surface area (Å²) in [6, 6.07) is 10.2. The number of hydrogen-bond acceptors (Lipinski definition) is 6. The van der Waals surface area contributed by atoms with Crippen LogP contribution in [0, 0.1) is 0 Å². The molecule has 1 atom stereocenters. The van der Waals surface area contributed by atoms with Gasteiger partial charge in [-0.15, -0.1) is 11.3 Å². The van der Waals surface area contributed by atoms with Crippen molar-refractivity contribution >= 4 is 33.0 Å². The molecule has 2 aliphatic heterocycles. The molecule has 0 saturated carbocycles. The number of carbonyl (C=O) groups is 1. The normalized spacial score (nSPS) is 20.4. The van der Waals surface area contributed by atoms with Crippen LogP contribution in [-0.2, 0) is 19.6 Å². The third kappa shape index (κ3) is 3.06. The lowest BCUT2D eigenvalue weighted by Crippen LogP contribution is -2.53. The molecule has 4 rings (SSSR count). The van der Waals surface area contributed by atoms with Crippen molar-refractivity contribution in [3.8, 4) is 5.75 Å². The minimum atomic E-state index is -3.75. The Bertz CT molecular complexity index is 892. The Hall–Kier alpha value is -2.10. The number of thiophene rings is 1. The van der Waals surface area contributed by atoms with Crippen LogP contribution in [0.5, 0.6) is 5.75 Å². The van der Waals surface area contributed by atoms with Gasteiger partial charge >= 0.3 is 0 Å². The molecule has 3 heterocycles. The van der Waals surface area contributed by atoms with Crippen molar-refractivity contribution in [2.24, 2.45) is 0 Å². The maximum absolute atomic E-state index is 13.1. The summed E-state index contributed by atoms with van der Waals surface area (Å²) in [6.45, 7) is 1.88. The number of sulfonamides is 1. The predicted octanol–water partition coefficient (Wildman–Crippen LogP) is 1.56. The maximum atomic E-state index is 13.1. The average molecular weight is 394 g/mol. The van der Waals surface area contributed by atoms with Crippen molar-refractivity contribution in [3.05, 3.63) is 41.8 Å². The summed E-state index contributed by atoms with van der Waals surface area (Å²) in [5, 5.41) is 1.72. The molecule has 138 valence electrons. The number of para-hydroxylation sites is 2. The number of hydrogen-bond donors (Lipinski definition) is 0. The zero-order chi connectivity index (χ0) is 18.1. The first-order chi connectivity index (χ1) is 12.6. The van der Waals surface area contributed by atoms with Crippen LogP contribution < -0.4 is 9.04 Å². The predicted molar refractivity (Wildman–Crippen MR) is 97.1 cm³/mol. The monoisotopic (exact) mass is 394 g/mol. The van der Waals surface area contributed by atoms with Gasteiger partial charge in [0.2, 0.25) is 0 Å². The Labute approximate surface area is 155 Å². The first-order valence-electron chi connectivity index (χ1n) is 8.26. The molecule has 26 heavy (non-hydrogen) atoms. The first-order valence-corrected chi connectivity index (χ1v) is 10.6. The van der Waals surface area contributed by atoms with Crippen molar-refractivity contribution in [1.29, 1.82) is 0 Å². The van der Waals surface area contributed by atoms with Gasteiger partial charge in [0.15, 0.2) is 6.10 Å². The molecule has 9 heteroatoms. The first kappa shape index (κ1) is 17.3. The quantitative estimate of drug-likeness (QED) is 0.790. The molecule has 2 aromatic rings. The highest BCUT2D eigenvalue weighted by molar-refractivity contribution is 7.94. The van der Waals surface area contributed by atoms with E-state index in [1.54, 1.807) is 46.7 Å². The minimum absolute atomic E-state index is 0.0482. The van der Waals surface area contributed by atoms with Gasteiger partial charge in [-0.2, -0.15) is 0 Å². The van der Waals surface area contributed by atoms with Crippen molar-refractivity contribution in [3.63, 3.8) is 0 Å². The Morgan fingerprint density at radius 2 is 1.88 bits per heavy atom. The van der Waals surface area contributed by atoms with E-state index in [2.05, 4.69) is 0 Å². The Balaban J connectivity index is 1.68. The lowest BCUT2D eigenvalue weighted by Gasteiger charge is -2.37. The molecule has 1 fully saturated rings. The van der Waals surface area contributed by atoms with Gasteiger partial charge in [0.05, 0.1) is 25.4 Å². The minimum Gasteiger partial charge on any atom is -0.476 e. The number of rotatable bonds is 3. The van der Waals surface area contributed by atoms with E-state index in [-0.39, 0.29) is 16.7 Å². The van der Waals surface area contributed by atoms with Gasteiger partial charge < -0.3 is 14.4 Å². The summed E-state index contributed by atoms with van der Waals surface area (Å²) in [7, 11) is -3.75. The zero-order valence-corrected chi connectivity index (χ0v) is 15.5. The molecule has 0 radical (unpaired) electrons. The second kappa shape index (κ2) is 6.90. The van der Waals surface area contributed by atoms with Crippen LogP contribution in [0.1, 0.15) is 0 Å². The van der Waals surface area contributed by atoms with Gasteiger partial charge in [-0.1, -0.05) is 18.2 Å². The van der Waals surface area contributed by atoms with E-state index in [4.69, 9.17) is 9.47 Å². The average Bonchev–Trinajstić information content (AvgIpc) is 3.23. The molecule has 0 bridgehead atoms. The van der Waals surface area contributed by atoms with Crippen LogP contribution in [0.15, 0.2) is 46.0 Å². The lowest BCUT2D eigenvalue weighted by atomic mass is 10.2. The molecule has 2 aliphatic rings. The number of morpholine rings is 1. The number of nitrogens with zero attached hydrogens (tertiary/aromatic N) is 2. The van der Waals surface area contributed by atoms with E-state index in [1.807, 2.05) is 0 Å². The number of fused-ring (bicyclic) bond motifs is 1. The van der Waals surface area contributed by atoms with Crippen molar-refractivity contribution in [1.82, 2.24) is 4.90 Å². The molecule has 0 spiro atoms. The Kier molecular flexibility index (Phi) is 4.60. The molecular formula is C17H18N2O5S2. The summed E-state index contributed by atoms with van der Waals surface area (Å²) in [6.07, 6.45) is -0.877. The van der Waals surface area contributed by atoms with Crippen molar-refractivity contribution in [2.45, 2.75) is 10.3 Å². The molecule has 1 aromatic heterocycles. The second-order valence-corrected chi connectivity index (χ2v) is 9.02. The fourth-order valence-electron chi connectivity index (χ4n) is 3.06. The summed E-state index contributed by atoms with van der Waals surface area (Å²) in [5.74, 6) is 0.180. The van der Waals surface area contributed by atoms with Gasteiger partial charge in [0.1, 0.15) is 9.96 Å². The highest BCUT2D eigenvalue weighted by Crippen LogP contribution is 2.37. The molecular weight excluding hydrogens is 376 g/mol. The standard InChI is InChI=1S/C17H18N2O5S2/c20-17(18-7-9-23-10-8-18)15-12-19(13-4-1-2-5-14(13)24-15)26(21,22)16-6-3-11-25-16/h1-6,11,15H,7-10,12H2/t15-/m0/s1. The van der Waals surface area contributed by atoms with E-state index in [9.17, 15) is 13.2 Å². The SMILES string of the molecule is O=C([C@@H]1CN(S(=O)(=O)c2cccs2)c2ccccc2O1)N1CCOCC1. The largest absolute Gasteiger partial charge is 0.476 e. The maximum Gasteiger partial charge on any atom is 0.274 e. The van der Waals surface area contributed by atoms with E-state index >= 15 is 0 Å². The molecule has 0 N–H and O–H groups in total. The molecule has 1 saturated heterocycles. The smallest absolute Gasteiger partial charge is 0.274 e. The van der Waals surface area contributed by atoms with Crippen LogP contribution in [0.25, 0.3) is 0 Å². The van der Waals surface area contributed by atoms with Crippen LogP contribution in [0.4, 0.5) is 5.69 Å². The molecule has 1 aromatic carbocycles. The van der Waals surface area contributed by atoms with E-state index in [0.717, 1.165) is 11.3 Å². The topological polar surface area (TPSA) is 76.2 Å². The van der Waals surface area contributed by atoms with Crippen LogP contribution in [-0.4, -0.2) is 58.2 Å². The van der Waals surface area contributed by atoms with Gasteiger partial charge in [-0.05, 0) is 23.6 Å².